The maximum Gasteiger partial charge on any atom is 0.490 e. The summed E-state index contributed by atoms with van der Waals surface area (Å²) in [5.74, 6) is 0. The van der Waals surface area contributed by atoms with Gasteiger partial charge in [0.25, 0.3) is 0 Å². The predicted molar refractivity (Wildman–Crippen MR) is 71.2 cm³/mol. The molecule has 0 saturated carbocycles. The summed E-state index contributed by atoms with van der Waals surface area (Å²) in [5, 5.41) is 0. The average Bonchev–Trinajstić information content (AvgIpc) is 1.98. The summed E-state index contributed by atoms with van der Waals surface area (Å²) in [6, 6.07) is 0. The minimum Gasteiger partial charge on any atom is -0.302 e. The maximum atomic E-state index is 11.2. The Morgan fingerprint density at radius 1 is 0.360 bits per heavy atom. The quantitative estimate of drug-likeness (QED) is 0.192. The van der Waals surface area contributed by atoms with E-state index in [0.717, 1.165) is 0 Å². The van der Waals surface area contributed by atoms with E-state index in [-0.39, 0.29) is 29.6 Å². The summed E-state index contributed by atoms with van der Waals surface area (Å²) in [6.45, 7) is 0. The summed E-state index contributed by atoms with van der Waals surface area (Å²) in [4.78, 5) is 53.6. The van der Waals surface area contributed by atoms with Crippen molar-refractivity contribution in [3.05, 3.63) is 0 Å². The van der Waals surface area contributed by atoms with Gasteiger partial charge in [-0.2, -0.15) is 25.9 Å². The molecule has 0 spiro atoms. The first kappa shape index (κ1) is 26.9. The largest absolute Gasteiger partial charge is 0.490 e. The van der Waals surface area contributed by atoms with Gasteiger partial charge in [-0.15, -0.1) is 0 Å². The molecule has 0 aliphatic carbocycles. The summed E-state index contributed by atoms with van der Waals surface area (Å²) >= 11 is 0. The molecule has 1 aliphatic rings. The topological polar surface area (TPSA) is 279 Å². The zero-order valence-electron chi connectivity index (χ0n) is 11.3. The molecule has 1 aliphatic heterocycles. The van der Waals surface area contributed by atoms with Crippen LogP contribution in [0.3, 0.4) is 0 Å². The van der Waals surface area contributed by atoms with Crippen molar-refractivity contribution in [1.29, 1.82) is 0 Å². The summed E-state index contributed by atoms with van der Waals surface area (Å²) in [7, 11) is -36.7. The maximum absolute atomic E-state index is 11.2. The van der Waals surface area contributed by atoms with Gasteiger partial charge < -0.3 is 29.4 Å². The molecule has 1 fully saturated rings. The van der Waals surface area contributed by atoms with Gasteiger partial charge in [0, 0.05) is 29.6 Å². The summed E-state index contributed by atoms with van der Waals surface area (Å²) in [5.41, 5.74) is 0. The minimum atomic E-state index is -6.11. The van der Waals surface area contributed by atoms with Gasteiger partial charge in [0.1, 0.15) is 0 Å². The Morgan fingerprint density at radius 2 is 0.440 bits per heavy atom. The van der Waals surface area contributed by atoms with Gasteiger partial charge in [0.15, 0.2) is 0 Å². The Kier molecular flexibility index (Phi) is 8.97. The number of rotatable bonds is 0. The Labute approximate surface area is 159 Å². The van der Waals surface area contributed by atoms with Crippen molar-refractivity contribution in [3.8, 4) is 0 Å². The van der Waals surface area contributed by atoms with Gasteiger partial charge in [-0.3, -0.25) is 0 Å². The van der Waals surface area contributed by atoms with Crippen LogP contribution in [-0.4, -0.2) is 58.9 Å². The molecule has 0 aromatic heterocycles. The monoisotopic (exact) mass is 503 g/mol. The molecule has 0 aromatic carbocycles. The Bertz CT molecular complexity index is 581. The van der Waals surface area contributed by atoms with Crippen LogP contribution in [0.5, 0.6) is 0 Å². The van der Waals surface area contributed by atoms with Gasteiger partial charge in [0.2, 0.25) is 0 Å². The van der Waals surface area contributed by atoms with E-state index >= 15 is 0 Å². The van der Waals surface area contributed by atoms with Crippen molar-refractivity contribution in [2.45, 2.75) is 0 Å². The molecule has 0 aromatic rings. The third-order valence-electron chi connectivity index (χ3n) is 1.24. The van der Waals surface area contributed by atoms with E-state index in [9.17, 15) is 27.4 Å². The molecule has 0 unspecified atom stereocenters. The molecule has 145 valence electrons. The van der Waals surface area contributed by atoms with Gasteiger partial charge in [-0.05, 0) is 0 Å². The van der Waals surface area contributed by atoms with Crippen LogP contribution in [0.15, 0.2) is 0 Å². The minimum absolute atomic E-state index is 0. The SMILES string of the molecule is O=P1(O)OP(=O)(O)OP(=O)(O)OP(=O)(O)OP(=O)(O)OP(=O)(O)O1.[Na]. The molecule has 25 heteroatoms. The molecular weight excluding hydrogens is 497 g/mol. The van der Waals surface area contributed by atoms with Crippen LogP contribution in [0, 0.1) is 0 Å². The fraction of sp³-hybridized carbons (Fsp3) is 0. The second-order valence-electron chi connectivity index (χ2n) is 3.30. The molecule has 6 N–H and O–H groups in total. The molecule has 0 atom stereocenters. The van der Waals surface area contributed by atoms with E-state index < -0.39 is 46.9 Å². The zero-order chi connectivity index (χ0) is 19.2. The van der Waals surface area contributed by atoms with E-state index in [4.69, 9.17) is 29.4 Å². The Hall–Kier alpha value is 1.90. The van der Waals surface area contributed by atoms with Crippen molar-refractivity contribution in [2.24, 2.45) is 0 Å². The Balaban J connectivity index is 0.00000576. The fourth-order valence-corrected chi connectivity index (χ4v) is 9.46. The fourth-order valence-electron chi connectivity index (χ4n) is 0.872. The van der Waals surface area contributed by atoms with Crippen LogP contribution in [0.25, 0.3) is 0 Å². The molecule has 1 radical (unpaired) electrons. The molecule has 1 heterocycles. The van der Waals surface area contributed by atoms with Crippen molar-refractivity contribution < 1.29 is 82.6 Å². The van der Waals surface area contributed by atoms with Crippen LogP contribution in [-0.2, 0) is 53.3 Å². The second-order valence-corrected chi connectivity index (χ2v) is 12.8. The van der Waals surface area contributed by atoms with Gasteiger partial charge in [-0.1, -0.05) is 0 Å². The molecule has 18 nitrogen and oxygen atoms in total. The zero-order valence-corrected chi connectivity index (χ0v) is 18.6. The smallest absolute Gasteiger partial charge is 0.302 e. The number of hydrogen-bond acceptors (Lipinski definition) is 12. The number of phosphoric acid groups is 6. The van der Waals surface area contributed by atoms with E-state index in [1.54, 1.807) is 0 Å². The molecule has 1 saturated heterocycles. The first-order chi connectivity index (χ1) is 10.2. The standard InChI is InChI=1S/Na.H6O18P6/c;1-19(2)13-20(3,4)15-22(7,8)17-24(11,12)18-23(9,10)16-21(5,6)14-19/h;(H,1,2)(H,3,4)(H,5,6)(H,7,8)(H,9,10)(H,11,12). The van der Waals surface area contributed by atoms with Gasteiger partial charge >= 0.3 is 46.9 Å². The molecule has 25 heavy (non-hydrogen) atoms. The third-order valence-corrected chi connectivity index (χ3v) is 11.1. The first-order valence-electron chi connectivity index (χ1n) is 4.49. The van der Waals surface area contributed by atoms with Gasteiger partial charge in [-0.25, -0.2) is 27.4 Å². The number of hydrogen-bond donors (Lipinski definition) is 6. The van der Waals surface area contributed by atoms with E-state index in [0.29, 0.717) is 0 Å². The average molecular weight is 503 g/mol. The first-order valence-corrected chi connectivity index (χ1v) is 13.5. The normalized spacial score (nSPS) is 53.0. The molecule has 0 bridgehead atoms. The van der Waals surface area contributed by atoms with E-state index in [1.807, 2.05) is 0 Å². The molecule has 1 rings (SSSR count). The third kappa shape index (κ3) is 10.3. The van der Waals surface area contributed by atoms with Crippen LogP contribution < -0.4 is 0 Å². The van der Waals surface area contributed by atoms with E-state index in [1.165, 1.54) is 0 Å². The predicted octanol–water partition coefficient (Wildman–Crippen LogP) is 0.321. The van der Waals surface area contributed by atoms with Crippen LogP contribution in [0.1, 0.15) is 0 Å². The van der Waals surface area contributed by atoms with Crippen molar-refractivity contribution >= 4 is 76.5 Å². The van der Waals surface area contributed by atoms with Crippen molar-refractivity contribution in [2.75, 3.05) is 0 Å². The van der Waals surface area contributed by atoms with Gasteiger partial charge in [0.05, 0.1) is 0 Å². The van der Waals surface area contributed by atoms with Crippen molar-refractivity contribution in [1.82, 2.24) is 0 Å². The van der Waals surface area contributed by atoms with E-state index in [2.05, 4.69) is 25.9 Å². The van der Waals surface area contributed by atoms with Crippen LogP contribution in [0.4, 0.5) is 0 Å². The second kappa shape index (κ2) is 8.33. The van der Waals surface area contributed by atoms with Crippen LogP contribution in [0.2, 0.25) is 0 Å². The van der Waals surface area contributed by atoms with Crippen molar-refractivity contribution in [3.63, 3.8) is 0 Å². The van der Waals surface area contributed by atoms with Crippen LogP contribution >= 0.6 is 46.9 Å². The summed E-state index contributed by atoms with van der Waals surface area (Å²) in [6.07, 6.45) is 0. The molecule has 0 amide bonds. The summed E-state index contributed by atoms with van der Waals surface area (Å²) < 4.78 is 86.9. The molecular formula is H6NaO18P6. The Morgan fingerprint density at radius 3 is 0.520 bits per heavy atom.